The Bertz CT molecular complexity index is 1110. The first-order valence-corrected chi connectivity index (χ1v) is 13.0. The van der Waals surface area contributed by atoms with Gasteiger partial charge in [-0.1, -0.05) is 54.6 Å². The van der Waals surface area contributed by atoms with Gasteiger partial charge in [-0.3, -0.25) is 4.90 Å². The average Bonchev–Trinajstić information content (AvgIpc) is 3.64. The summed E-state index contributed by atoms with van der Waals surface area (Å²) in [5, 5.41) is 13.8. The maximum Gasteiger partial charge on any atom is 0.134 e. The highest BCUT2D eigenvalue weighted by molar-refractivity contribution is 5.85. The first-order valence-electron chi connectivity index (χ1n) is 13.0. The van der Waals surface area contributed by atoms with Gasteiger partial charge in [-0.25, -0.2) is 4.39 Å². The topological polar surface area (TPSA) is 26.7 Å². The molecule has 3 aliphatic rings. The first kappa shape index (κ1) is 22.2. The second-order valence-corrected chi connectivity index (χ2v) is 10.8. The van der Waals surface area contributed by atoms with Gasteiger partial charge in [-0.2, -0.15) is 0 Å². The Balaban J connectivity index is 1.12. The van der Waals surface area contributed by atoms with Crippen molar-refractivity contribution in [1.29, 1.82) is 0 Å². The number of piperidine rings is 1. The van der Waals surface area contributed by atoms with E-state index in [0.29, 0.717) is 17.8 Å². The maximum atomic E-state index is 13.3. The maximum absolute atomic E-state index is 13.3. The predicted octanol–water partition coefficient (Wildman–Crippen LogP) is 5.81. The molecule has 0 aromatic heterocycles. The summed E-state index contributed by atoms with van der Waals surface area (Å²) in [5.74, 6) is 2.55. The lowest BCUT2D eigenvalue weighted by Gasteiger charge is -2.35. The zero-order valence-electron chi connectivity index (χ0n) is 19.8. The molecule has 6 rings (SSSR count). The Hall–Kier alpha value is -2.27. The van der Waals surface area contributed by atoms with Gasteiger partial charge in [0.25, 0.3) is 0 Å². The minimum Gasteiger partial charge on any atom is -0.374 e. The number of likely N-dealkylation sites (tertiary alicyclic amines) is 2. The van der Waals surface area contributed by atoms with Gasteiger partial charge in [0.1, 0.15) is 12.0 Å². The average molecular weight is 459 g/mol. The Labute approximate surface area is 202 Å². The molecule has 4 heteroatoms. The van der Waals surface area contributed by atoms with Gasteiger partial charge in [0.15, 0.2) is 0 Å². The largest absolute Gasteiger partial charge is 0.374 e. The molecule has 2 aliphatic heterocycles. The van der Waals surface area contributed by atoms with E-state index in [1.54, 1.807) is 12.1 Å². The minimum atomic E-state index is -0.540. The smallest absolute Gasteiger partial charge is 0.134 e. The van der Waals surface area contributed by atoms with Crippen molar-refractivity contribution in [1.82, 2.24) is 9.80 Å². The van der Waals surface area contributed by atoms with Crippen molar-refractivity contribution in [2.45, 2.75) is 37.8 Å². The normalized spacial score (nSPS) is 25.7. The molecule has 2 saturated heterocycles. The number of hydrogen-bond donors (Lipinski definition) is 1. The molecule has 178 valence electrons. The zero-order chi connectivity index (χ0) is 23.1. The summed E-state index contributed by atoms with van der Waals surface area (Å²) < 4.78 is 13.3. The standard InChI is InChI=1S/C30H35FN2O/c31-26-12-10-21(11-13-26)22-14-16-32(17-15-22)18-25-19-33(20-29(25)24-8-9-24)30(34)28-7-3-5-23-4-1-2-6-27(23)28/h1-7,10-13,22,24-25,29-30,34H,8-9,14-20H2/t25?,29-,30?/m0/s1. The van der Waals surface area contributed by atoms with Gasteiger partial charge in [0, 0.05) is 25.2 Å². The van der Waals surface area contributed by atoms with Crippen LogP contribution in [0.2, 0.25) is 0 Å². The Morgan fingerprint density at radius 3 is 2.35 bits per heavy atom. The molecular weight excluding hydrogens is 423 g/mol. The lowest BCUT2D eigenvalue weighted by atomic mass is 9.87. The molecule has 3 aromatic carbocycles. The molecule has 0 amide bonds. The van der Waals surface area contributed by atoms with Crippen LogP contribution in [0.4, 0.5) is 4.39 Å². The van der Waals surface area contributed by atoms with Crippen LogP contribution in [0, 0.1) is 23.6 Å². The van der Waals surface area contributed by atoms with E-state index in [1.807, 2.05) is 12.1 Å². The van der Waals surface area contributed by atoms with Crippen LogP contribution in [0.15, 0.2) is 66.7 Å². The fourth-order valence-electron chi connectivity index (χ4n) is 6.57. The van der Waals surface area contributed by atoms with Crippen molar-refractivity contribution in [3.8, 4) is 0 Å². The molecule has 34 heavy (non-hydrogen) atoms. The number of halogens is 1. The Kier molecular flexibility index (Phi) is 6.15. The Morgan fingerprint density at radius 1 is 0.853 bits per heavy atom. The molecule has 3 aromatic rings. The van der Waals surface area contributed by atoms with Crippen LogP contribution in [0.5, 0.6) is 0 Å². The van der Waals surface area contributed by atoms with Crippen molar-refractivity contribution in [2.75, 3.05) is 32.7 Å². The number of rotatable bonds is 6. The van der Waals surface area contributed by atoms with E-state index >= 15 is 0 Å². The van der Waals surface area contributed by atoms with Gasteiger partial charge in [0.2, 0.25) is 0 Å². The van der Waals surface area contributed by atoms with E-state index in [4.69, 9.17) is 0 Å². The highest BCUT2D eigenvalue weighted by Crippen LogP contribution is 2.46. The number of hydrogen-bond acceptors (Lipinski definition) is 3. The summed E-state index contributed by atoms with van der Waals surface area (Å²) in [6.45, 7) is 5.34. The van der Waals surface area contributed by atoms with Crippen LogP contribution in [-0.4, -0.2) is 47.6 Å². The lowest BCUT2D eigenvalue weighted by molar-refractivity contribution is 0.0145. The number of fused-ring (bicyclic) bond motifs is 1. The summed E-state index contributed by atoms with van der Waals surface area (Å²) in [5.41, 5.74) is 2.32. The fraction of sp³-hybridized carbons (Fsp3) is 0.467. The van der Waals surface area contributed by atoms with Crippen LogP contribution < -0.4 is 0 Å². The summed E-state index contributed by atoms with van der Waals surface area (Å²) in [4.78, 5) is 4.98. The van der Waals surface area contributed by atoms with E-state index in [9.17, 15) is 9.50 Å². The minimum absolute atomic E-state index is 0.149. The molecule has 3 nitrogen and oxygen atoms in total. The third-order valence-electron chi connectivity index (χ3n) is 8.62. The molecule has 0 radical (unpaired) electrons. The van der Waals surface area contributed by atoms with Gasteiger partial charge in [-0.15, -0.1) is 0 Å². The Morgan fingerprint density at radius 2 is 1.59 bits per heavy atom. The van der Waals surface area contributed by atoms with Crippen molar-refractivity contribution < 1.29 is 9.50 Å². The molecular formula is C30H35FN2O. The van der Waals surface area contributed by atoms with Gasteiger partial charge >= 0.3 is 0 Å². The third-order valence-corrected chi connectivity index (χ3v) is 8.62. The summed E-state index contributed by atoms with van der Waals surface area (Å²) >= 11 is 0. The number of aliphatic hydroxyl groups excluding tert-OH is 1. The summed E-state index contributed by atoms with van der Waals surface area (Å²) in [6.07, 6.45) is 4.46. The number of aliphatic hydroxyl groups is 1. The second kappa shape index (κ2) is 9.41. The quantitative estimate of drug-likeness (QED) is 0.505. The van der Waals surface area contributed by atoms with Crippen LogP contribution in [0.25, 0.3) is 10.8 Å². The molecule has 0 bridgehead atoms. The molecule has 0 spiro atoms. The fourth-order valence-corrected chi connectivity index (χ4v) is 6.57. The zero-order valence-corrected chi connectivity index (χ0v) is 19.8. The van der Waals surface area contributed by atoms with Crippen molar-refractivity contribution >= 4 is 10.8 Å². The van der Waals surface area contributed by atoms with Crippen LogP contribution in [0.3, 0.4) is 0 Å². The first-order chi connectivity index (χ1) is 16.7. The monoisotopic (exact) mass is 458 g/mol. The molecule has 1 N–H and O–H groups in total. The van der Waals surface area contributed by atoms with Crippen LogP contribution in [0.1, 0.15) is 49.0 Å². The molecule has 2 unspecified atom stereocenters. The lowest BCUT2D eigenvalue weighted by Crippen LogP contribution is -2.39. The van der Waals surface area contributed by atoms with E-state index in [-0.39, 0.29) is 5.82 Å². The van der Waals surface area contributed by atoms with Gasteiger partial charge in [-0.05, 0) is 90.9 Å². The highest BCUT2D eigenvalue weighted by atomic mass is 19.1. The van der Waals surface area contributed by atoms with Gasteiger partial charge < -0.3 is 10.0 Å². The number of benzene rings is 3. The van der Waals surface area contributed by atoms with E-state index < -0.39 is 6.23 Å². The van der Waals surface area contributed by atoms with Gasteiger partial charge in [0.05, 0.1) is 0 Å². The molecule has 3 atom stereocenters. The second-order valence-electron chi connectivity index (χ2n) is 10.8. The number of nitrogens with zero attached hydrogens (tertiary/aromatic N) is 2. The third kappa shape index (κ3) is 4.51. The molecule has 1 aliphatic carbocycles. The van der Waals surface area contributed by atoms with Crippen molar-refractivity contribution in [3.63, 3.8) is 0 Å². The molecule has 2 heterocycles. The van der Waals surface area contributed by atoms with E-state index in [0.717, 1.165) is 62.4 Å². The SMILES string of the molecule is OC(c1cccc2ccccc12)N1CC(CN2CCC(c3ccc(F)cc3)CC2)[C@H](C2CC2)C1. The molecule has 3 fully saturated rings. The molecule has 1 saturated carbocycles. The van der Waals surface area contributed by atoms with E-state index in [1.165, 1.54) is 23.8 Å². The predicted molar refractivity (Wildman–Crippen MR) is 135 cm³/mol. The summed E-state index contributed by atoms with van der Waals surface area (Å²) in [7, 11) is 0. The van der Waals surface area contributed by atoms with E-state index in [2.05, 4.69) is 52.3 Å². The summed E-state index contributed by atoms with van der Waals surface area (Å²) in [6, 6.07) is 21.8. The highest BCUT2D eigenvalue weighted by Gasteiger charge is 2.44. The van der Waals surface area contributed by atoms with Crippen LogP contribution >= 0.6 is 0 Å². The van der Waals surface area contributed by atoms with Crippen molar-refractivity contribution in [2.24, 2.45) is 17.8 Å². The van der Waals surface area contributed by atoms with Crippen molar-refractivity contribution in [3.05, 3.63) is 83.7 Å². The van der Waals surface area contributed by atoms with Crippen LogP contribution in [-0.2, 0) is 0 Å².